The van der Waals surface area contributed by atoms with Crippen LogP contribution >= 0.6 is 15.9 Å². The maximum Gasteiger partial charge on any atom is 0.265 e. The van der Waals surface area contributed by atoms with Crippen molar-refractivity contribution in [3.63, 3.8) is 0 Å². The monoisotopic (exact) mass is 344 g/mol. The predicted octanol–water partition coefficient (Wildman–Crippen LogP) is 0.927. The third-order valence-corrected chi connectivity index (χ3v) is 4.50. The minimum Gasteiger partial charge on any atom is -0.392 e. The summed E-state index contributed by atoms with van der Waals surface area (Å²) in [5, 5.41) is 16.1. The Morgan fingerprint density at radius 2 is 2.11 bits per heavy atom. The molecule has 0 aliphatic carbocycles. The highest BCUT2D eigenvalue weighted by Gasteiger charge is 2.19. The molecule has 2 N–H and O–H groups in total. The lowest BCUT2D eigenvalue weighted by Gasteiger charge is -2.08. The third-order valence-electron chi connectivity index (χ3n) is 2.18. The van der Waals surface area contributed by atoms with E-state index in [9.17, 15) is 8.42 Å². The van der Waals surface area contributed by atoms with Gasteiger partial charge in [-0.05, 0) is 33.6 Å². The third kappa shape index (κ3) is 3.25. The van der Waals surface area contributed by atoms with E-state index in [1.807, 2.05) is 0 Å². The summed E-state index contributed by atoms with van der Waals surface area (Å²) in [4.78, 5) is 3.73. The molecule has 1 aromatic carbocycles. The maximum absolute atomic E-state index is 12.2. The van der Waals surface area contributed by atoms with Crippen molar-refractivity contribution in [3.05, 3.63) is 40.6 Å². The number of nitrogens with one attached hydrogen (secondary N) is 1. The summed E-state index contributed by atoms with van der Waals surface area (Å²) in [6, 6.07) is 4.52. The number of aliphatic hydroxyl groups excluding tert-OH is 1. The van der Waals surface area contributed by atoms with Crippen LogP contribution in [0.5, 0.6) is 0 Å². The van der Waals surface area contributed by atoms with E-state index >= 15 is 0 Å². The Kier molecular flexibility index (Phi) is 4.08. The maximum atomic E-state index is 12.2. The highest BCUT2D eigenvalue weighted by atomic mass is 79.9. The number of aromatic nitrogens is 3. The van der Waals surface area contributed by atoms with Crippen molar-refractivity contribution in [2.45, 2.75) is 11.5 Å². The van der Waals surface area contributed by atoms with Crippen molar-refractivity contribution in [1.82, 2.24) is 15.2 Å². The normalized spacial score (nSPS) is 11.3. The van der Waals surface area contributed by atoms with Crippen LogP contribution in [0.4, 0.5) is 5.95 Å². The number of hydrogen-bond acceptors (Lipinski definition) is 6. The summed E-state index contributed by atoms with van der Waals surface area (Å²) in [5.41, 5.74) is 0.482. The largest absolute Gasteiger partial charge is 0.392 e. The minimum atomic E-state index is -3.85. The zero-order valence-electron chi connectivity index (χ0n) is 9.49. The average Bonchev–Trinajstić information content (AvgIpc) is 2.39. The number of sulfonamides is 1. The number of nitrogens with zero attached hydrogens (tertiary/aromatic N) is 3. The summed E-state index contributed by atoms with van der Waals surface area (Å²) in [6.07, 6.45) is 2.66. The van der Waals surface area contributed by atoms with Crippen LogP contribution < -0.4 is 4.72 Å². The van der Waals surface area contributed by atoms with Crippen LogP contribution in [0.3, 0.4) is 0 Å². The zero-order valence-corrected chi connectivity index (χ0v) is 11.9. The minimum absolute atomic E-state index is 0.00787. The molecule has 7 nitrogen and oxygen atoms in total. The number of rotatable bonds is 4. The Labute approximate surface area is 117 Å². The van der Waals surface area contributed by atoms with E-state index < -0.39 is 10.0 Å². The lowest BCUT2D eigenvalue weighted by atomic mass is 10.2. The van der Waals surface area contributed by atoms with E-state index in [0.717, 1.165) is 0 Å². The van der Waals surface area contributed by atoms with Gasteiger partial charge in [0.05, 0.1) is 19.0 Å². The number of hydrogen-bond donors (Lipinski definition) is 2. The van der Waals surface area contributed by atoms with Crippen LogP contribution in [0, 0.1) is 0 Å². The molecule has 2 rings (SSSR count). The first-order valence-corrected chi connectivity index (χ1v) is 7.36. The lowest BCUT2D eigenvalue weighted by Crippen LogP contribution is -2.16. The van der Waals surface area contributed by atoms with Gasteiger partial charge in [-0.15, -0.1) is 5.10 Å². The number of benzene rings is 1. The molecule has 0 unspecified atom stereocenters. The standard InChI is InChI=1S/C10H9BrN4O3S/c11-8-2-1-7(6-16)5-9(8)19(17,18)15-10-12-3-4-13-14-10/h1-5,16H,6H2,(H,12,14,15). The van der Waals surface area contributed by atoms with Crippen molar-refractivity contribution in [2.75, 3.05) is 4.72 Å². The van der Waals surface area contributed by atoms with Gasteiger partial charge in [0.25, 0.3) is 16.0 Å². The Balaban J connectivity index is 2.39. The number of aliphatic hydroxyl groups is 1. The highest BCUT2D eigenvalue weighted by molar-refractivity contribution is 9.10. The van der Waals surface area contributed by atoms with Crippen LogP contribution in [0.15, 0.2) is 40.0 Å². The summed E-state index contributed by atoms with van der Waals surface area (Å²) >= 11 is 3.15. The second kappa shape index (κ2) is 5.59. The molecule has 0 amide bonds. The Bertz CT molecular complexity index is 678. The fraction of sp³-hybridized carbons (Fsp3) is 0.100. The van der Waals surface area contributed by atoms with Crippen molar-refractivity contribution in [3.8, 4) is 0 Å². The van der Waals surface area contributed by atoms with Crippen LogP contribution in [0.25, 0.3) is 0 Å². The summed E-state index contributed by atoms with van der Waals surface area (Å²) in [7, 11) is -3.85. The SMILES string of the molecule is O=S(=O)(Nc1nccnn1)c1cc(CO)ccc1Br. The van der Waals surface area contributed by atoms with Crippen LogP contribution in [0.2, 0.25) is 0 Å². The Morgan fingerprint density at radius 1 is 1.32 bits per heavy atom. The van der Waals surface area contributed by atoms with Gasteiger partial charge in [0.2, 0.25) is 0 Å². The average molecular weight is 345 g/mol. The Hall–Kier alpha value is -1.58. The first kappa shape index (κ1) is 13.8. The second-order valence-electron chi connectivity index (χ2n) is 3.49. The van der Waals surface area contributed by atoms with E-state index in [-0.39, 0.29) is 17.5 Å². The number of anilines is 1. The molecule has 0 saturated carbocycles. The van der Waals surface area contributed by atoms with Crippen LogP contribution in [-0.2, 0) is 16.6 Å². The van der Waals surface area contributed by atoms with Gasteiger partial charge < -0.3 is 5.11 Å². The summed E-state index contributed by atoms with van der Waals surface area (Å²) in [6.45, 7) is -0.251. The van der Waals surface area contributed by atoms with Crippen molar-refractivity contribution in [2.24, 2.45) is 0 Å². The molecule has 19 heavy (non-hydrogen) atoms. The van der Waals surface area contributed by atoms with Gasteiger partial charge in [-0.3, -0.25) is 0 Å². The predicted molar refractivity (Wildman–Crippen MR) is 70.7 cm³/mol. The van der Waals surface area contributed by atoms with Gasteiger partial charge in [0.15, 0.2) is 0 Å². The molecule has 0 aliphatic rings. The van der Waals surface area contributed by atoms with Crippen molar-refractivity contribution in [1.29, 1.82) is 0 Å². The van der Waals surface area contributed by atoms with E-state index in [2.05, 4.69) is 35.8 Å². The second-order valence-corrected chi connectivity index (χ2v) is 6.00. The first-order valence-electron chi connectivity index (χ1n) is 5.09. The van der Waals surface area contributed by atoms with Gasteiger partial charge in [-0.25, -0.2) is 18.1 Å². The molecular formula is C10H9BrN4O3S. The summed E-state index contributed by atoms with van der Waals surface area (Å²) in [5.74, 6) is -0.121. The molecule has 0 fully saturated rings. The van der Waals surface area contributed by atoms with Gasteiger partial charge in [-0.1, -0.05) is 6.07 Å². The zero-order chi connectivity index (χ0) is 13.9. The fourth-order valence-electron chi connectivity index (χ4n) is 1.32. The molecule has 0 atom stereocenters. The quantitative estimate of drug-likeness (QED) is 0.854. The van der Waals surface area contributed by atoms with Crippen LogP contribution in [0.1, 0.15) is 5.56 Å². The van der Waals surface area contributed by atoms with Gasteiger partial charge in [0.1, 0.15) is 4.90 Å². The lowest BCUT2D eigenvalue weighted by molar-refractivity contribution is 0.281. The summed E-state index contributed by atoms with van der Waals surface area (Å²) < 4.78 is 26.9. The molecule has 9 heteroatoms. The smallest absolute Gasteiger partial charge is 0.265 e. The number of halogens is 1. The molecule has 100 valence electrons. The molecule has 0 spiro atoms. The van der Waals surface area contributed by atoms with Crippen molar-refractivity contribution >= 4 is 31.9 Å². The van der Waals surface area contributed by atoms with E-state index in [1.54, 1.807) is 12.1 Å². The fourth-order valence-corrected chi connectivity index (χ4v) is 3.28. The van der Waals surface area contributed by atoms with Gasteiger partial charge >= 0.3 is 0 Å². The molecule has 1 heterocycles. The van der Waals surface area contributed by atoms with Crippen molar-refractivity contribution < 1.29 is 13.5 Å². The van der Waals surface area contributed by atoms with E-state index in [4.69, 9.17) is 5.11 Å². The molecule has 2 aromatic rings. The van der Waals surface area contributed by atoms with Crippen LogP contribution in [-0.4, -0.2) is 28.7 Å². The molecular weight excluding hydrogens is 336 g/mol. The molecule has 1 aromatic heterocycles. The van der Waals surface area contributed by atoms with E-state index in [0.29, 0.717) is 10.0 Å². The molecule has 0 bridgehead atoms. The molecule has 0 aliphatic heterocycles. The topological polar surface area (TPSA) is 105 Å². The van der Waals surface area contributed by atoms with Gasteiger partial charge in [0, 0.05) is 4.47 Å². The highest BCUT2D eigenvalue weighted by Crippen LogP contribution is 2.24. The van der Waals surface area contributed by atoms with Gasteiger partial charge in [-0.2, -0.15) is 5.10 Å². The first-order chi connectivity index (χ1) is 9.03. The molecule has 0 saturated heterocycles. The van der Waals surface area contributed by atoms with E-state index in [1.165, 1.54) is 18.5 Å². The Morgan fingerprint density at radius 3 is 2.74 bits per heavy atom. The molecule has 0 radical (unpaired) electrons.